The number of carbonyl (C=O) groups excluding carboxylic acids is 2. The third-order valence-electron chi connectivity index (χ3n) is 5.20. The van der Waals surface area contributed by atoms with Crippen LogP contribution in [0.5, 0.6) is 0 Å². The maximum absolute atomic E-state index is 12.6. The molecule has 3 rings (SSSR count). The number of morpholine rings is 1. The summed E-state index contributed by atoms with van der Waals surface area (Å²) in [5.74, 6) is 0.155. The summed E-state index contributed by atoms with van der Waals surface area (Å²) in [5, 5.41) is 5.90. The zero-order chi connectivity index (χ0) is 20.6. The highest BCUT2D eigenvalue weighted by Gasteiger charge is 2.24. The summed E-state index contributed by atoms with van der Waals surface area (Å²) in [7, 11) is 0. The van der Waals surface area contributed by atoms with Crippen molar-refractivity contribution < 1.29 is 14.3 Å². The van der Waals surface area contributed by atoms with Crippen molar-refractivity contribution in [3.8, 4) is 0 Å². The van der Waals surface area contributed by atoms with Crippen LogP contribution in [-0.2, 0) is 4.74 Å². The molecule has 2 aromatic carbocycles. The number of ether oxygens (including phenoxy) is 1. The molecule has 29 heavy (non-hydrogen) atoms. The van der Waals surface area contributed by atoms with Crippen LogP contribution in [0.2, 0.25) is 0 Å². The molecule has 1 unspecified atom stereocenters. The Kier molecular flexibility index (Phi) is 7.38. The number of hydrogen-bond donors (Lipinski definition) is 2. The molecule has 154 valence electrons. The van der Waals surface area contributed by atoms with Gasteiger partial charge in [-0.1, -0.05) is 32.0 Å². The van der Waals surface area contributed by atoms with Crippen LogP contribution in [0.1, 0.15) is 34.6 Å². The monoisotopic (exact) mass is 395 g/mol. The SMILES string of the molecule is CC(C)C(CNC(=O)c1ccc(NC(=O)c2ccccc2)cc1)N1CCOCC1. The molecule has 1 aliphatic heterocycles. The van der Waals surface area contributed by atoms with E-state index in [1.54, 1.807) is 36.4 Å². The van der Waals surface area contributed by atoms with Gasteiger partial charge in [-0.2, -0.15) is 0 Å². The molecule has 0 bridgehead atoms. The minimum Gasteiger partial charge on any atom is -0.379 e. The van der Waals surface area contributed by atoms with Crippen molar-refractivity contribution in [2.75, 3.05) is 38.2 Å². The maximum Gasteiger partial charge on any atom is 0.255 e. The van der Waals surface area contributed by atoms with E-state index in [0.717, 1.165) is 26.3 Å². The van der Waals surface area contributed by atoms with Crippen molar-refractivity contribution in [2.45, 2.75) is 19.9 Å². The summed E-state index contributed by atoms with van der Waals surface area (Å²) < 4.78 is 5.43. The first kappa shape index (κ1) is 21.0. The molecule has 1 saturated heterocycles. The highest BCUT2D eigenvalue weighted by molar-refractivity contribution is 6.04. The Morgan fingerprint density at radius 3 is 2.17 bits per heavy atom. The number of carbonyl (C=O) groups is 2. The molecule has 2 N–H and O–H groups in total. The summed E-state index contributed by atoms with van der Waals surface area (Å²) in [6, 6.07) is 16.3. The van der Waals surface area contributed by atoms with Gasteiger partial charge in [0.15, 0.2) is 0 Å². The second-order valence-corrected chi connectivity index (χ2v) is 7.57. The summed E-state index contributed by atoms with van der Waals surface area (Å²) >= 11 is 0. The predicted molar refractivity (Wildman–Crippen MR) is 114 cm³/mol. The average molecular weight is 396 g/mol. The van der Waals surface area contributed by atoms with Crippen molar-refractivity contribution in [1.29, 1.82) is 0 Å². The molecule has 2 aromatic rings. The molecule has 0 aromatic heterocycles. The first-order valence-corrected chi connectivity index (χ1v) is 10.1. The normalized spacial score (nSPS) is 15.7. The van der Waals surface area contributed by atoms with Crippen molar-refractivity contribution in [1.82, 2.24) is 10.2 Å². The Hall–Kier alpha value is -2.70. The van der Waals surface area contributed by atoms with Crippen molar-refractivity contribution in [2.24, 2.45) is 5.92 Å². The van der Waals surface area contributed by atoms with Crippen LogP contribution in [0, 0.1) is 5.92 Å². The highest BCUT2D eigenvalue weighted by atomic mass is 16.5. The fraction of sp³-hybridized carbons (Fsp3) is 0.391. The number of hydrogen-bond acceptors (Lipinski definition) is 4. The van der Waals surface area contributed by atoms with E-state index < -0.39 is 0 Å². The van der Waals surface area contributed by atoms with Gasteiger partial charge in [0, 0.05) is 42.5 Å². The third kappa shape index (κ3) is 5.89. The third-order valence-corrected chi connectivity index (χ3v) is 5.20. The quantitative estimate of drug-likeness (QED) is 0.756. The van der Waals surface area contributed by atoms with Gasteiger partial charge in [-0.3, -0.25) is 14.5 Å². The maximum atomic E-state index is 12.6. The minimum atomic E-state index is -0.173. The van der Waals surface area contributed by atoms with E-state index in [1.165, 1.54) is 0 Å². The van der Waals surface area contributed by atoms with Gasteiger partial charge < -0.3 is 15.4 Å². The van der Waals surface area contributed by atoms with Crippen molar-refractivity contribution in [3.05, 3.63) is 65.7 Å². The number of benzene rings is 2. The molecule has 0 saturated carbocycles. The molecule has 1 heterocycles. The van der Waals surface area contributed by atoms with E-state index in [0.29, 0.717) is 29.3 Å². The summed E-state index contributed by atoms with van der Waals surface area (Å²) in [5.41, 5.74) is 1.83. The standard InChI is InChI=1S/C23H29N3O3/c1-17(2)21(26-12-14-29-15-13-26)16-24-22(27)19-8-10-20(11-9-19)25-23(28)18-6-4-3-5-7-18/h3-11,17,21H,12-16H2,1-2H3,(H,24,27)(H,25,28). The van der Waals surface area contributed by atoms with E-state index >= 15 is 0 Å². The highest BCUT2D eigenvalue weighted by Crippen LogP contribution is 2.14. The number of rotatable bonds is 7. The molecular formula is C23H29N3O3. The fourth-order valence-corrected chi connectivity index (χ4v) is 3.49. The van der Waals surface area contributed by atoms with Crippen LogP contribution in [0.4, 0.5) is 5.69 Å². The number of nitrogens with zero attached hydrogens (tertiary/aromatic N) is 1. The smallest absolute Gasteiger partial charge is 0.255 e. The van der Waals surface area contributed by atoms with Gasteiger partial charge in [0.05, 0.1) is 13.2 Å². The molecule has 1 fully saturated rings. The molecule has 2 amide bonds. The second-order valence-electron chi connectivity index (χ2n) is 7.57. The van der Waals surface area contributed by atoms with Crippen LogP contribution >= 0.6 is 0 Å². The number of amides is 2. The van der Waals surface area contributed by atoms with Gasteiger partial charge in [-0.15, -0.1) is 0 Å². The topological polar surface area (TPSA) is 70.7 Å². The largest absolute Gasteiger partial charge is 0.379 e. The Balaban J connectivity index is 1.55. The van der Waals surface area contributed by atoms with Gasteiger partial charge in [0.2, 0.25) is 0 Å². The molecule has 6 nitrogen and oxygen atoms in total. The Labute approximate surface area is 172 Å². The van der Waals surface area contributed by atoms with Gasteiger partial charge in [0.1, 0.15) is 0 Å². The lowest BCUT2D eigenvalue weighted by Gasteiger charge is -2.36. The van der Waals surface area contributed by atoms with Crippen LogP contribution in [0.15, 0.2) is 54.6 Å². The van der Waals surface area contributed by atoms with Crippen molar-refractivity contribution >= 4 is 17.5 Å². The predicted octanol–water partition coefficient (Wildman–Crippen LogP) is 3.03. The lowest BCUT2D eigenvalue weighted by atomic mass is 10.0. The number of anilines is 1. The molecule has 1 aliphatic rings. The van der Waals surface area contributed by atoms with E-state index in [9.17, 15) is 9.59 Å². The first-order valence-electron chi connectivity index (χ1n) is 10.1. The van der Waals surface area contributed by atoms with E-state index in [4.69, 9.17) is 4.74 Å². The molecule has 0 spiro atoms. The van der Waals surface area contributed by atoms with E-state index in [2.05, 4.69) is 29.4 Å². The molecule has 6 heteroatoms. The van der Waals surface area contributed by atoms with Gasteiger partial charge in [-0.25, -0.2) is 0 Å². The Morgan fingerprint density at radius 1 is 0.931 bits per heavy atom. The fourth-order valence-electron chi connectivity index (χ4n) is 3.49. The second kappa shape index (κ2) is 10.2. The lowest BCUT2D eigenvalue weighted by molar-refractivity contribution is 0.00672. The Bertz CT molecular complexity index is 800. The minimum absolute atomic E-state index is 0.107. The van der Waals surface area contributed by atoms with Crippen LogP contribution < -0.4 is 10.6 Å². The van der Waals surface area contributed by atoms with Gasteiger partial charge in [0.25, 0.3) is 11.8 Å². The van der Waals surface area contributed by atoms with Crippen LogP contribution in [0.25, 0.3) is 0 Å². The lowest BCUT2D eigenvalue weighted by Crippen LogP contribution is -2.51. The molecule has 0 aliphatic carbocycles. The van der Waals surface area contributed by atoms with E-state index in [1.807, 2.05) is 18.2 Å². The Morgan fingerprint density at radius 2 is 1.55 bits per heavy atom. The molecule has 0 radical (unpaired) electrons. The zero-order valence-electron chi connectivity index (χ0n) is 17.1. The van der Waals surface area contributed by atoms with E-state index in [-0.39, 0.29) is 17.9 Å². The summed E-state index contributed by atoms with van der Waals surface area (Å²) in [6.45, 7) is 8.24. The zero-order valence-corrected chi connectivity index (χ0v) is 17.1. The molecular weight excluding hydrogens is 366 g/mol. The first-order chi connectivity index (χ1) is 14.0. The average Bonchev–Trinajstić information content (AvgIpc) is 2.75. The molecule has 1 atom stereocenters. The number of nitrogens with one attached hydrogen (secondary N) is 2. The van der Waals surface area contributed by atoms with Crippen LogP contribution in [-0.4, -0.2) is 55.6 Å². The van der Waals surface area contributed by atoms with Gasteiger partial charge in [-0.05, 0) is 42.3 Å². The summed E-state index contributed by atoms with van der Waals surface area (Å²) in [4.78, 5) is 27.2. The van der Waals surface area contributed by atoms with Crippen LogP contribution in [0.3, 0.4) is 0 Å². The van der Waals surface area contributed by atoms with Gasteiger partial charge >= 0.3 is 0 Å². The summed E-state index contributed by atoms with van der Waals surface area (Å²) in [6.07, 6.45) is 0. The van der Waals surface area contributed by atoms with Crippen molar-refractivity contribution in [3.63, 3.8) is 0 Å².